The zero-order chi connectivity index (χ0) is 14.1. The molecule has 0 aliphatic heterocycles. The van der Waals surface area contributed by atoms with Crippen molar-refractivity contribution in [3.63, 3.8) is 0 Å². The molecule has 0 saturated carbocycles. The van der Waals surface area contributed by atoms with Gasteiger partial charge in [0.2, 0.25) is 0 Å². The molecule has 0 fully saturated rings. The lowest BCUT2D eigenvalue weighted by atomic mass is 10.2. The predicted octanol–water partition coefficient (Wildman–Crippen LogP) is 3.86. The number of anilines is 1. The summed E-state index contributed by atoms with van der Waals surface area (Å²) in [6.07, 6.45) is -0.610. The highest BCUT2D eigenvalue weighted by atomic mass is 79.9. The van der Waals surface area contributed by atoms with E-state index in [4.69, 9.17) is 9.84 Å². The molecule has 1 aromatic rings. The van der Waals surface area contributed by atoms with Crippen LogP contribution in [0.5, 0.6) is 0 Å². The number of aromatic carboxylic acids is 1. The number of nitrogens with one attached hydrogen (secondary N) is 1. The molecule has 0 atom stereocenters. The van der Waals surface area contributed by atoms with Gasteiger partial charge >= 0.3 is 12.1 Å². The van der Waals surface area contributed by atoms with Crippen molar-refractivity contribution in [1.29, 1.82) is 0 Å². The Labute approximate surface area is 117 Å². The molecule has 7 heteroatoms. The number of halogens is 1. The SMILES string of the molecule is Cc1c(C(=O)O)sc(NC(=O)OC(C)(C)C)c1Br. The first-order valence-corrected chi connectivity index (χ1v) is 6.75. The van der Waals surface area contributed by atoms with Gasteiger partial charge in [-0.05, 0) is 49.2 Å². The monoisotopic (exact) mass is 335 g/mol. The lowest BCUT2D eigenvalue weighted by Gasteiger charge is -2.19. The summed E-state index contributed by atoms with van der Waals surface area (Å²) in [5, 5.41) is 11.9. The molecule has 18 heavy (non-hydrogen) atoms. The molecule has 0 unspecified atom stereocenters. The molecule has 1 amide bonds. The molecule has 0 aliphatic rings. The normalized spacial score (nSPS) is 11.2. The lowest BCUT2D eigenvalue weighted by Crippen LogP contribution is -2.27. The summed E-state index contributed by atoms with van der Waals surface area (Å²) >= 11 is 4.24. The zero-order valence-electron chi connectivity index (χ0n) is 10.5. The van der Waals surface area contributed by atoms with Crippen molar-refractivity contribution >= 4 is 44.3 Å². The van der Waals surface area contributed by atoms with Crippen LogP contribution in [0.4, 0.5) is 9.80 Å². The van der Waals surface area contributed by atoms with E-state index in [1.54, 1.807) is 27.7 Å². The fourth-order valence-corrected chi connectivity index (χ4v) is 2.77. The fourth-order valence-electron chi connectivity index (χ4n) is 1.17. The Morgan fingerprint density at radius 3 is 2.33 bits per heavy atom. The van der Waals surface area contributed by atoms with Crippen molar-refractivity contribution in [2.24, 2.45) is 0 Å². The average Bonchev–Trinajstić information content (AvgIpc) is 2.43. The summed E-state index contributed by atoms with van der Waals surface area (Å²) < 4.78 is 5.66. The topological polar surface area (TPSA) is 75.6 Å². The summed E-state index contributed by atoms with van der Waals surface area (Å²) in [5.74, 6) is -1.02. The van der Waals surface area contributed by atoms with E-state index in [1.165, 1.54) is 0 Å². The first-order valence-electron chi connectivity index (χ1n) is 5.14. The molecule has 0 aliphatic carbocycles. The minimum absolute atomic E-state index is 0.188. The minimum atomic E-state index is -1.02. The first kappa shape index (κ1) is 15.0. The number of carbonyl (C=O) groups excluding carboxylic acids is 1. The van der Waals surface area contributed by atoms with E-state index < -0.39 is 17.7 Å². The Kier molecular flexibility index (Phi) is 4.39. The van der Waals surface area contributed by atoms with Gasteiger partial charge in [0.05, 0.1) is 4.47 Å². The molecule has 0 spiro atoms. The smallest absolute Gasteiger partial charge is 0.412 e. The highest BCUT2D eigenvalue weighted by Gasteiger charge is 2.22. The van der Waals surface area contributed by atoms with E-state index in [9.17, 15) is 9.59 Å². The quantitative estimate of drug-likeness (QED) is 0.860. The number of ether oxygens (including phenoxy) is 1. The van der Waals surface area contributed by atoms with Gasteiger partial charge in [0.1, 0.15) is 15.5 Å². The Hall–Kier alpha value is -1.08. The number of carboxylic acids is 1. The Bertz CT molecular complexity index is 490. The molecule has 1 rings (SSSR count). The van der Waals surface area contributed by atoms with Gasteiger partial charge in [-0.2, -0.15) is 0 Å². The molecule has 1 aromatic heterocycles. The van der Waals surface area contributed by atoms with Crippen LogP contribution in [0.2, 0.25) is 0 Å². The van der Waals surface area contributed by atoms with E-state index in [1.807, 2.05) is 0 Å². The average molecular weight is 336 g/mol. The lowest BCUT2D eigenvalue weighted by molar-refractivity contribution is 0.0634. The number of hydrogen-bond acceptors (Lipinski definition) is 4. The number of thiophene rings is 1. The number of amides is 1. The minimum Gasteiger partial charge on any atom is -0.477 e. The highest BCUT2D eigenvalue weighted by molar-refractivity contribution is 9.10. The molecule has 0 aromatic carbocycles. The summed E-state index contributed by atoms with van der Waals surface area (Å²) in [5.41, 5.74) is -0.0167. The van der Waals surface area contributed by atoms with Crippen molar-refractivity contribution in [1.82, 2.24) is 0 Å². The van der Waals surface area contributed by atoms with Crippen LogP contribution in [-0.4, -0.2) is 22.8 Å². The number of carbonyl (C=O) groups is 2. The van der Waals surface area contributed by atoms with Gasteiger partial charge in [-0.1, -0.05) is 0 Å². The molecule has 5 nitrogen and oxygen atoms in total. The zero-order valence-corrected chi connectivity index (χ0v) is 12.9. The first-order chi connectivity index (χ1) is 8.11. The van der Waals surface area contributed by atoms with Gasteiger partial charge in [0.15, 0.2) is 0 Å². The van der Waals surface area contributed by atoms with Crippen LogP contribution in [0.3, 0.4) is 0 Å². The van der Waals surface area contributed by atoms with Gasteiger partial charge in [-0.15, -0.1) is 11.3 Å². The van der Waals surface area contributed by atoms with E-state index in [0.29, 0.717) is 15.0 Å². The van der Waals surface area contributed by atoms with Gasteiger partial charge in [0, 0.05) is 0 Å². The van der Waals surface area contributed by atoms with Crippen molar-refractivity contribution in [2.75, 3.05) is 5.32 Å². The van der Waals surface area contributed by atoms with Crippen LogP contribution in [0.1, 0.15) is 36.0 Å². The second-order valence-corrected chi connectivity index (χ2v) is 6.44. The molecular weight excluding hydrogens is 322 g/mol. The Morgan fingerprint density at radius 2 is 1.94 bits per heavy atom. The van der Waals surface area contributed by atoms with Gasteiger partial charge in [-0.25, -0.2) is 9.59 Å². The summed E-state index contributed by atoms with van der Waals surface area (Å²) in [7, 11) is 0. The number of hydrogen-bond donors (Lipinski definition) is 2. The number of rotatable bonds is 2. The summed E-state index contributed by atoms with van der Waals surface area (Å²) in [6.45, 7) is 6.93. The third-order valence-corrected chi connectivity index (χ3v) is 4.33. The van der Waals surface area contributed by atoms with Crippen LogP contribution in [-0.2, 0) is 4.74 Å². The van der Waals surface area contributed by atoms with Crippen LogP contribution < -0.4 is 5.32 Å². The maximum absolute atomic E-state index is 11.6. The maximum atomic E-state index is 11.6. The predicted molar refractivity (Wildman–Crippen MR) is 73.6 cm³/mol. The van der Waals surface area contributed by atoms with Gasteiger partial charge < -0.3 is 9.84 Å². The fraction of sp³-hybridized carbons (Fsp3) is 0.455. The molecule has 0 radical (unpaired) electrons. The second kappa shape index (κ2) is 5.27. The standard InChI is InChI=1S/C11H14BrNO4S/c1-5-6(12)8(18-7(5)9(14)15)13-10(16)17-11(2,3)4/h1-4H3,(H,13,16)(H,14,15). The van der Waals surface area contributed by atoms with Gasteiger partial charge in [0.25, 0.3) is 0 Å². The highest BCUT2D eigenvalue weighted by Crippen LogP contribution is 2.37. The van der Waals surface area contributed by atoms with Crippen LogP contribution >= 0.6 is 27.3 Å². The van der Waals surface area contributed by atoms with Crippen molar-refractivity contribution in [3.8, 4) is 0 Å². The van der Waals surface area contributed by atoms with Gasteiger partial charge in [-0.3, -0.25) is 5.32 Å². The number of carboxylic acid groups (broad SMARTS) is 1. The van der Waals surface area contributed by atoms with Crippen LogP contribution in [0.25, 0.3) is 0 Å². The molecular formula is C11H14BrNO4S. The third kappa shape index (κ3) is 3.71. The summed E-state index contributed by atoms with van der Waals surface area (Å²) in [6, 6.07) is 0. The van der Waals surface area contributed by atoms with Crippen LogP contribution in [0, 0.1) is 6.92 Å². The Morgan fingerprint density at radius 1 is 1.39 bits per heavy atom. The van der Waals surface area contributed by atoms with Crippen LogP contribution in [0.15, 0.2) is 4.47 Å². The maximum Gasteiger partial charge on any atom is 0.412 e. The molecule has 1 heterocycles. The summed E-state index contributed by atoms with van der Waals surface area (Å²) in [4.78, 5) is 22.7. The molecule has 2 N–H and O–H groups in total. The molecule has 0 bridgehead atoms. The van der Waals surface area contributed by atoms with E-state index in [-0.39, 0.29) is 4.88 Å². The Balaban J connectivity index is 2.89. The molecule has 100 valence electrons. The second-order valence-electron chi connectivity index (χ2n) is 4.63. The third-order valence-electron chi connectivity index (χ3n) is 1.88. The van der Waals surface area contributed by atoms with E-state index >= 15 is 0 Å². The largest absolute Gasteiger partial charge is 0.477 e. The van der Waals surface area contributed by atoms with E-state index in [2.05, 4.69) is 21.2 Å². The van der Waals surface area contributed by atoms with E-state index in [0.717, 1.165) is 11.3 Å². The molecule has 0 saturated heterocycles. The van der Waals surface area contributed by atoms with Crippen molar-refractivity contribution in [3.05, 3.63) is 14.9 Å². The van der Waals surface area contributed by atoms with Crippen molar-refractivity contribution < 1.29 is 19.4 Å². The van der Waals surface area contributed by atoms with Crippen molar-refractivity contribution in [2.45, 2.75) is 33.3 Å².